The maximum absolute atomic E-state index is 13.7. The molecule has 108 valence electrons. The average molecular weight is 304 g/mol. The number of hydrogen-bond donors (Lipinski definition) is 0. The summed E-state index contributed by atoms with van der Waals surface area (Å²) in [6.07, 6.45) is 3.02. The summed E-state index contributed by atoms with van der Waals surface area (Å²) in [7, 11) is 0. The van der Waals surface area contributed by atoms with E-state index in [2.05, 4.69) is 9.97 Å². The number of aryl methyl sites for hydroxylation is 3. The second kappa shape index (κ2) is 6.22. The molecule has 1 aromatic carbocycles. The molecule has 0 radical (unpaired) electrons. The minimum absolute atomic E-state index is 0.172. The molecule has 3 nitrogen and oxygen atoms in total. The lowest BCUT2D eigenvalue weighted by Crippen LogP contribution is -2.08. The fourth-order valence-corrected chi connectivity index (χ4v) is 2.62. The van der Waals surface area contributed by atoms with Crippen LogP contribution in [0, 0.1) is 5.82 Å². The minimum atomic E-state index is -0.172. The van der Waals surface area contributed by atoms with Crippen molar-refractivity contribution in [3.05, 3.63) is 59.8 Å². The van der Waals surface area contributed by atoms with E-state index in [4.69, 9.17) is 11.6 Å². The SMILES string of the molecule is Fc1ccccc1CCn1c(CCCl)nc2cccnc21. The molecule has 2 aromatic heterocycles. The molecule has 0 bridgehead atoms. The molecule has 0 saturated carbocycles. The van der Waals surface area contributed by atoms with Gasteiger partial charge < -0.3 is 4.57 Å². The zero-order chi connectivity index (χ0) is 14.7. The second-order valence-electron chi connectivity index (χ2n) is 4.81. The van der Waals surface area contributed by atoms with Gasteiger partial charge in [0.2, 0.25) is 0 Å². The molecule has 0 saturated heterocycles. The van der Waals surface area contributed by atoms with Crippen LogP contribution in [0.2, 0.25) is 0 Å². The first-order valence-electron chi connectivity index (χ1n) is 6.89. The number of fused-ring (bicyclic) bond motifs is 1. The first-order chi connectivity index (χ1) is 10.3. The summed E-state index contributed by atoms with van der Waals surface area (Å²) in [6.45, 7) is 0.640. The number of imidazole rings is 1. The van der Waals surface area contributed by atoms with Gasteiger partial charge in [0.1, 0.15) is 17.2 Å². The van der Waals surface area contributed by atoms with Crippen molar-refractivity contribution in [1.29, 1.82) is 0 Å². The maximum Gasteiger partial charge on any atom is 0.159 e. The molecular weight excluding hydrogens is 289 g/mol. The van der Waals surface area contributed by atoms with Crippen LogP contribution in [-0.4, -0.2) is 20.4 Å². The van der Waals surface area contributed by atoms with Crippen LogP contribution in [0.4, 0.5) is 4.39 Å². The molecule has 3 rings (SSSR count). The normalized spacial score (nSPS) is 11.1. The van der Waals surface area contributed by atoms with E-state index in [-0.39, 0.29) is 5.82 Å². The Balaban J connectivity index is 1.92. The second-order valence-corrected chi connectivity index (χ2v) is 5.18. The van der Waals surface area contributed by atoms with Gasteiger partial charge in [-0.15, -0.1) is 11.6 Å². The highest BCUT2D eigenvalue weighted by Gasteiger charge is 2.11. The third-order valence-corrected chi connectivity index (χ3v) is 3.65. The molecule has 0 aliphatic carbocycles. The number of benzene rings is 1. The van der Waals surface area contributed by atoms with Crippen molar-refractivity contribution in [2.45, 2.75) is 19.4 Å². The van der Waals surface area contributed by atoms with Crippen molar-refractivity contribution in [3.63, 3.8) is 0 Å². The van der Waals surface area contributed by atoms with Gasteiger partial charge in [0.15, 0.2) is 5.65 Å². The van der Waals surface area contributed by atoms with Gasteiger partial charge >= 0.3 is 0 Å². The molecule has 21 heavy (non-hydrogen) atoms. The summed E-state index contributed by atoms with van der Waals surface area (Å²) < 4.78 is 15.8. The van der Waals surface area contributed by atoms with Gasteiger partial charge in [-0.3, -0.25) is 0 Å². The minimum Gasteiger partial charge on any atom is -0.312 e. The number of halogens is 2. The number of alkyl halides is 1. The highest BCUT2D eigenvalue weighted by atomic mass is 35.5. The standard InChI is InChI=1S/C16H15ClFN3/c17-9-7-15-20-14-6-3-10-19-16(14)21(15)11-8-12-4-1-2-5-13(12)18/h1-6,10H,7-9,11H2. The lowest BCUT2D eigenvalue weighted by Gasteiger charge is -2.08. The Morgan fingerprint density at radius 1 is 1.10 bits per heavy atom. The average Bonchev–Trinajstić information content (AvgIpc) is 2.84. The van der Waals surface area contributed by atoms with Crippen molar-refractivity contribution in [1.82, 2.24) is 14.5 Å². The molecular formula is C16H15ClFN3. The molecule has 0 N–H and O–H groups in total. The first kappa shape index (κ1) is 14.0. The first-order valence-corrected chi connectivity index (χ1v) is 7.42. The Labute approximate surface area is 127 Å². The maximum atomic E-state index is 13.7. The van der Waals surface area contributed by atoms with Crippen molar-refractivity contribution in [3.8, 4) is 0 Å². The van der Waals surface area contributed by atoms with Crippen LogP contribution in [0.25, 0.3) is 11.2 Å². The van der Waals surface area contributed by atoms with Gasteiger partial charge in [-0.25, -0.2) is 14.4 Å². The Hall–Kier alpha value is -1.94. The van der Waals surface area contributed by atoms with E-state index in [0.717, 1.165) is 17.0 Å². The van der Waals surface area contributed by atoms with Crippen molar-refractivity contribution in [2.75, 3.05) is 5.88 Å². The lowest BCUT2D eigenvalue weighted by atomic mass is 10.1. The zero-order valence-electron chi connectivity index (χ0n) is 11.5. The van der Waals surface area contributed by atoms with E-state index in [0.29, 0.717) is 30.8 Å². The molecule has 3 aromatic rings. The number of rotatable bonds is 5. The highest BCUT2D eigenvalue weighted by molar-refractivity contribution is 6.17. The van der Waals surface area contributed by atoms with Crippen LogP contribution >= 0.6 is 11.6 Å². The Bertz CT molecular complexity index is 754. The van der Waals surface area contributed by atoms with Crippen LogP contribution in [0.1, 0.15) is 11.4 Å². The number of nitrogens with zero attached hydrogens (tertiary/aromatic N) is 3. The Morgan fingerprint density at radius 3 is 2.76 bits per heavy atom. The van der Waals surface area contributed by atoms with Gasteiger partial charge in [-0.2, -0.15) is 0 Å². The molecule has 0 fully saturated rings. The van der Waals surface area contributed by atoms with Crippen LogP contribution in [0.15, 0.2) is 42.6 Å². The van der Waals surface area contributed by atoms with Crippen LogP contribution in [0.3, 0.4) is 0 Å². The summed E-state index contributed by atoms with van der Waals surface area (Å²) in [6, 6.07) is 10.6. The monoisotopic (exact) mass is 303 g/mol. The molecule has 0 atom stereocenters. The van der Waals surface area contributed by atoms with Gasteiger partial charge in [-0.1, -0.05) is 18.2 Å². The number of hydrogen-bond acceptors (Lipinski definition) is 2. The number of pyridine rings is 1. The topological polar surface area (TPSA) is 30.7 Å². The predicted molar refractivity (Wildman–Crippen MR) is 82.1 cm³/mol. The largest absolute Gasteiger partial charge is 0.312 e. The summed E-state index contributed by atoms with van der Waals surface area (Å²) in [5.41, 5.74) is 2.38. The van der Waals surface area contributed by atoms with Gasteiger partial charge in [0, 0.05) is 25.0 Å². The fourth-order valence-electron chi connectivity index (χ4n) is 2.45. The van der Waals surface area contributed by atoms with Crippen molar-refractivity contribution >= 4 is 22.8 Å². The van der Waals surface area contributed by atoms with Gasteiger partial charge in [0.05, 0.1) is 0 Å². The fraction of sp³-hybridized carbons (Fsp3) is 0.250. The van der Waals surface area contributed by atoms with Crippen LogP contribution < -0.4 is 0 Å². The van der Waals surface area contributed by atoms with E-state index in [1.54, 1.807) is 12.3 Å². The predicted octanol–water partition coefficient (Wildman–Crippen LogP) is 3.59. The van der Waals surface area contributed by atoms with Gasteiger partial charge in [-0.05, 0) is 30.2 Å². The molecule has 0 aliphatic heterocycles. The van der Waals surface area contributed by atoms with E-state index in [9.17, 15) is 4.39 Å². The smallest absolute Gasteiger partial charge is 0.159 e. The van der Waals surface area contributed by atoms with E-state index >= 15 is 0 Å². The number of aromatic nitrogens is 3. The summed E-state index contributed by atoms with van der Waals surface area (Å²) in [5, 5.41) is 0. The van der Waals surface area contributed by atoms with E-state index in [1.165, 1.54) is 6.07 Å². The molecule has 0 aliphatic rings. The molecule has 5 heteroatoms. The third kappa shape index (κ3) is 2.90. The lowest BCUT2D eigenvalue weighted by molar-refractivity contribution is 0.590. The Kier molecular flexibility index (Phi) is 4.15. The zero-order valence-corrected chi connectivity index (χ0v) is 12.2. The van der Waals surface area contributed by atoms with Crippen molar-refractivity contribution in [2.24, 2.45) is 0 Å². The van der Waals surface area contributed by atoms with Crippen LogP contribution in [-0.2, 0) is 19.4 Å². The van der Waals surface area contributed by atoms with Gasteiger partial charge in [0.25, 0.3) is 0 Å². The Morgan fingerprint density at radius 2 is 1.95 bits per heavy atom. The molecule has 0 amide bonds. The molecule has 0 spiro atoms. The van der Waals surface area contributed by atoms with E-state index < -0.39 is 0 Å². The van der Waals surface area contributed by atoms with E-state index in [1.807, 2.05) is 28.8 Å². The summed E-state index contributed by atoms with van der Waals surface area (Å²) >= 11 is 5.84. The van der Waals surface area contributed by atoms with Crippen LogP contribution in [0.5, 0.6) is 0 Å². The highest BCUT2D eigenvalue weighted by Crippen LogP contribution is 2.16. The molecule has 2 heterocycles. The summed E-state index contributed by atoms with van der Waals surface area (Å²) in [5.74, 6) is 1.23. The molecule has 0 unspecified atom stereocenters. The quantitative estimate of drug-likeness (QED) is 0.674. The van der Waals surface area contributed by atoms with Crippen molar-refractivity contribution < 1.29 is 4.39 Å². The third-order valence-electron chi connectivity index (χ3n) is 3.46. The summed E-state index contributed by atoms with van der Waals surface area (Å²) in [4.78, 5) is 8.94.